The highest BCUT2D eigenvalue weighted by Crippen LogP contribution is 2.20. The summed E-state index contributed by atoms with van der Waals surface area (Å²) in [6, 6.07) is 18.7. The Morgan fingerprint density at radius 2 is 0.781 bits per heavy atom. The molecule has 0 aliphatic carbocycles. The monoisotopic (exact) mass is 476 g/mol. The summed E-state index contributed by atoms with van der Waals surface area (Å²) < 4.78 is 0. The summed E-state index contributed by atoms with van der Waals surface area (Å²) >= 11 is 0. The molecule has 2 aromatic carbocycles. The molecule has 4 heteroatoms. The van der Waals surface area contributed by atoms with Gasteiger partial charge in [0.25, 0.3) is 0 Å². The third-order valence-corrected chi connectivity index (χ3v) is 7.12. The second-order valence-electron chi connectivity index (χ2n) is 8.61. The zero-order valence-corrected chi connectivity index (χ0v) is 22.7. The Bertz CT molecular complexity index is 625. The van der Waals surface area contributed by atoms with E-state index in [2.05, 4.69) is 86.0 Å². The van der Waals surface area contributed by atoms with E-state index in [1.54, 1.807) is 0 Å². The number of halogens is 1. The Kier molecular flexibility index (Phi) is 15.5. The second-order valence-corrected chi connectivity index (χ2v) is 10.0. The third-order valence-electron chi connectivity index (χ3n) is 5.88. The van der Waals surface area contributed by atoms with E-state index < -0.39 is 0 Å². The van der Waals surface area contributed by atoms with E-state index in [0.717, 1.165) is 8.58 Å². The van der Waals surface area contributed by atoms with E-state index in [1.807, 2.05) is 0 Å². The predicted octanol–water partition coefficient (Wildman–Crippen LogP) is 7.55. The van der Waals surface area contributed by atoms with E-state index in [4.69, 9.17) is 0 Å². The molecule has 32 heavy (non-hydrogen) atoms. The number of benzene rings is 2. The molecule has 0 amide bonds. The van der Waals surface area contributed by atoms with E-state index in [9.17, 15) is 0 Å². The Labute approximate surface area is 206 Å². The van der Waals surface area contributed by atoms with Crippen LogP contribution in [0.2, 0.25) is 0 Å². The van der Waals surface area contributed by atoms with E-state index in [1.165, 1.54) is 99.5 Å². The molecule has 2 aromatic rings. The van der Waals surface area contributed by atoms with Crippen molar-refractivity contribution in [2.45, 2.75) is 79.1 Å². The van der Waals surface area contributed by atoms with Gasteiger partial charge in [-0.05, 0) is 60.6 Å². The van der Waals surface area contributed by atoms with Gasteiger partial charge in [-0.15, -0.1) is 12.4 Å². The largest absolute Gasteiger partial charge is 0.372 e. The lowest BCUT2D eigenvalue weighted by molar-refractivity contribution is 0.678. The molecule has 0 saturated carbocycles. The van der Waals surface area contributed by atoms with Crippen molar-refractivity contribution < 1.29 is 0 Å². The number of unbranched alkanes of at least 4 members (excludes halogenated alkanes) is 4. The standard InChI is InChI=1S/C28H45N2P.ClH/c1-5-9-21-29(22-10-6-2)25-13-17-27(18-14-25)31-28-19-15-26(16-20-28)30(23-11-7-3)24-12-8-4;/h13-20,31H,5-12,21-24H2,1-4H3;1H. The lowest BCUT2D eigenvalue weighted by Crippen LogP contribution is -2.26. The number of anilines is 2. The molecule has 0 aliphatic heterocycles. The van der Waals surface area contributed by atoms with E-state index in [-0.39, 0.29) is 12.4 Å². The van der Waals surface area contributed by atoms with Crippen molar-refractivity contribution in [1.82, 2.24) is 0 Å². The third kappa shape index (κ3) is 10.1. The Morgan fingerprint density at radius 1 is 0.500 bits per heavy atom. The molecule has 0 fully saturated rings. The highest BCUT2D eigenvalue weighted by atomic mass is 35.5. The second kappa shape index (κ2) is 17.3. The number of hydrogen-bond acceptors (Lipinski definition) is 2. The Balaban J connectivity index is 0.00000512. The summed E-state index contributed by atoms with van der Waals surface area (Å²) in [7, 11) is 0.723. The van der Waals surface area contributed by atoms with Crippen LogP contribution < -0.4 is 20.4 Å². The van der Waals surface area contributed by atoms with Gasteiger partial charge in [-0.2, -0.15) is 0 Å². The van der Waals surface area contributed by atoms with E-state index in [0.29, 0.717) is 0 Å². The molecule has 0 N–H and O–H groups in total. The molecule has 0 atom stereocenters. The molecule has 0 aromatic heterocycles. The summed E-state index contributed by atoms with van der Waals surface area (Å²) in [4.78, 5) is 5.13. The number of nitrogens with zero attached hydrogens (tertiary/aromatic N) is 2. The zero-order valence-electron chi connectivity index (χ0n) is 20.9. The maximum Gasteiger partial charge on any atom is 0.0366 e. The summed E-state index contributed by atoms with van der Waals surface area (Å²) in [5, 5.41) is 2.85. The fourth-order valence-electron chi connectivity index (χ4n) is 3.81. The van der Waals surface area contributed by atoms with Gasteiger partial charge < -0.3 is 9.80 Å². The van der Waals surface area contributed by atoms with Crippen LogP contribution in [-0.2, 0) is 0 Å². The van der Waals surface area contributed by atoms with Crippen LogP contribution in [-0.4, -0.2) is 26.2 Å². The molecule has 2 nitrogen and oxygen atoms in total. The van der Waals surface area contributed by atoms with Gasteiger partial charge in [0.1, 0.15) is 0 Å². The summed E-state index contributed by atoms with van der Waals surface area (Å²) in [5.74, 6) is 0. The lowest BCUT2D eigenvalue weighted by Gasteiger charge is -2.25. The molecule has 2 rings (SSSR count). The lowest BCUT2D eigenvalue weighted by atomic mass is 10.2. The minimum Gasteiger partial charge on any atom is -0.372 e. The molecule has 0 bridgehead atoms. The minimum absolute atomic E-state index is 0. The number of hydrogen-bond donors (Lipinski definition) is 0. The van der Waals surface area contributed by atoms with Crippen molar-refractivity contribution in [2.24, 2.45) is 0 Å². The van der Waals surface area contributed by atoms with Gasteiger partial charge in [-0.25, -0.2) is 0 Å². The van der Waals surface area contributed by atoms with Gasteiger partial charge in [-0.1, -0.05) is 86.2 Å². The highest BCUT2D eigenvalue weighted by molar-refractivity contribution is 7.55. The molecule has 0 unspecified atom stereocenters. The Morgan fingerprint density at radius 3 is 1.03 bits per heavy atom. The molecule has 0 saturated heterocycles. The van der Waals surface area contributed by atoms with Crippen molar-refractivity contribution in [3.05, 3.63) is 48.5 Å². The van der Waals surface area contributed by atoms with Crippen LogP contribution in [0, 0.1) is 0 Å². The van der Waals surface area contributed by atoms with Crippen molar-refractivity contribution in [3.63, 3.8) is 0 Å². The smallest absolute Gasteiger partial charge is 0.0366 e. The van der Waals surface area contributed by atoms with Gasteiger partial charge in [0.05, 0.1) is 0 Å². The first-order valence-electron chi connectivity index (χ1n) is 12.7. The maximum atomic E-state index is 2.57. The summed E-state index contributed by atoms with van der Waals surface area (Å²) in [6.45, 7) is 13.8. The predicted molar refractivity (Wildman–Crippen MR) is 152 cm³/mol. The summed E-state index contributed by atoms with van der Waals surface area (Å²) in [6.07, 6.45) is 10.1. The first kappa shape index (κ1) is 28.8. The van der Waals surface area contributed by atoms with E-state index >= 15 is 0 Å². The maximum absolute atomic E-state index is 2.57. The topological polar surface area (TPSA) is 6.48 Å². The Hall–Kier alpha value is -1.24. The van der Waals surface area contributed by atoms with Crippen molar-refractivity contribution in [2.75, 3.05) is 36.0 Å². The van der Waals surface area contributed by atoms with Crippen molar-refractivity contribution in [3.8, 4) is 0 Å². The molecule has 180 valence electrons. The molecule has 0 radical (unpaired) electrons. The summed E-state index contributed by atoms with van der Waals surface area (Å²) in [5.41, 5.74) is 2.77. The van der Waals surface area contributed by atoms with Crippen LogP contribution in [0.1, 0.15) is 79.1 Å². The minimum atomic E-state index is 0. The van der Waals surface area contributed by atoms with Gasteiger partial charge in [0.15, 0.2) is 0 Å². The van der Waals surface area contributed by atoms with Crippen molar-refractivity contribution in [1.29, 1.82) is 0 Å². The molecular weight excluding hydrogens is 431 g/mol. The quantitative estimate of drug-likeness (QED) is 0.231. The van der Waals surface area contributed by atoms with Gasteiger partial charge in [0.2, 0.25) is 0 Å². The average Bonchev–Trinajstić information content (AvgIpc) is 2.81. The van der Waals surface area contributed by atoms with Gasteiger partial charge >= 0.3 is 0 Å². The van der Waals surface area contributed by atoms with Crippen LogP contribution in [0.5, 0.6) is 0 Å². The first-order chi connectivity index (χ1) is 15.2. The van der Waals surface area contributed by atoms with Crippen LogP contribution in [0.3, 0.4) is 0 Å². The zero-order chi connectivity index (χ0) is 22.3. The molecular formula is C28H46ClN2P. The van der Waals surface area contributed by atoms with Gasteiger partial charge in [-0.3, -0.25) is 0 Å². The highest BCUT2D eigenvalue weighted by Gasteiger charge is 2.08. The normalized spacial score (nSPS) is 10.6. The first-order valence-corrected chi connectivity index (χ1v) is 13.7. The van der Waals surface area contributed by atoms with Crippen LogP contribution in [0.15, 0.2) is 48.5 Å². The van der Waals surface area contributed by atoms with Gasteiger partial charge in [0, 0.05) is 37.6 Å². The SMILES string of the molecule is CCCCN(CCCC)c1ccc(Pc2ccc(N(CCCC)CCCC)cc2)cc1.Cl. The van der Waals surface area contributed by atoms with Crippen LogP contribution in [0.25, 0.3) is 0 Å². The number of rotatable bonds is 16. The molecule has 0 aliphatic rings. The average molecular weight is 477 g/mol. The van der Waals surface area contributed by atoms with Crippen LogP contribution >= 0.6 is 21.0 Å². The fourth-order valence-corrected chi connectivity index (χ4v) is 4.81. The van der Waals surface area contributed by atoms with Crippen molar-refractivity contribution >= 4 is 43.0 Å². The van der Waals surface area contributed by atoms with Crippen LogP contribution in [0.4, 0.5) is 11.4 Å². The molecule has 0 heterocycles. The fraction of sp³-hybridized carbons (Fsp3) is 0.571. The molecule has 0 spiro atoms.